The van der Waals surface area contributed by atoms with Crippen LogP contribution in [-0.4, -0.2) is 34.1 Å². The second-order valence-electron chi connectivity index (χ2n) is 5.44. The van der Waals surface area contributed by atoms with Crippen molar-refractivity contribution in [2.75, 3.05) is 18.5 Å². The lowest BCUT2D eigenvalue weighted by atomic mass is 10.0. The molecule has 0 saturated carbocycles. The number of carbonyl (C=O) groups is 1. The van der Waals surface area contributed by atoms with E-state index in [4.69, 9.17) is 0 Å². The van der Waals surface area contributed by atoms with Gasteiger partial charge in [0.05, 0.1) is 11.9 Å². The molecule has 2 aromatic rings. The van der Waals surface area contributed by atoms with Crippen molar-refractivity contribution in [3.8, 4) is 0 Å². The van der Waals surface area contributed by atoms with E-state index in [1.54, 1.807) is 0 Å². The van der Waals surface area contributed by atoms with Gasteiger partial charge in [-0.25, -0.2) is 13.6 Å². The molecule has 130 valence electrons. The van der Waals surface area contributed by atoms with Gasteiger partial charge in [-0.3, -0.25) is 4.68 Å². The fourth-order valence-corrected chi connectivity index (χ4v) is 2.35. The molecule has 8 heteroatoms. The van der Waals surface area contributed by atoms with E-state index in [1.807, 2.05) is 30.3 Å². The number of anilines is 1. The number of aromatic nitrogens is 2. The number of nitrogens with one attached hydrogen (secondary N) is 2. The van der Waals surface area contributed by atoms with Gasteiger partial charge in [0.2, 0.25) is 0 Å². The Morgan fingerprint density at radius 3 is 2.67 bits per heavy atom. The Morgan fingerprint density at radius 2 is 2.04 bits per heavy atom. The molecule has 0 spiro atoms. The highest BCUT2D eigenvalue weighted by molar-refractivity contribution is 5.89. The first-order chi connectivity index (χ1) is 11.5. The number of amides is 2. The minimum atomic E-state index is -2.74. The molecule has 0 aliphatic carbocycles. The lowest BCUT2D eigenvalue weighted by molar-refractivity contribution is 0.141. The largest absolute Gasteiger partial charge is 0.396 e. The standard InChI is InChI=1S/C16H20F2N4O2/c1-22-14(15(17)18)13(9-20-22)21-16(24)19-8-12(10-23)7-11-5-3-2-4-6-11/h2-6,9,12,15,23H,7-8,10H2,1H3,(H2,19,21,24). The zero-order valence-corrected chi connectivity index (χ0v) is 13.2. The number of alkyl halides is 2. The van der Waals surface area contributed by atoms with Crippen molar-refractivity contribution in [1.29, 1.82) is 0 Å². The molecule has 0 aliphatic heterocycles. The van der Waals surface area contributed by atoms with Gasteiger partial charge < -0.3 is 15.7 Å². The smallest absolute Gasteiger partial charge is 0.319 e. The van der Waals surface area contributed by atoms with Crippen LogP contribution in [0.5, 0.6) is 0 Å². The van der Waals surface area contributed by atoms with Crippen LogP contribution < -0.4 is 10.6 Å². The Labute approximate surface area is 138 Å². The molecule has 0 fully saturated rings. The van der Waals surface area contributed by atoms with E-state index in [-0.39, 0.29) is 30.5 Å². The number of halogens is 2. The number of carbonyl (C=O) groups excluding carboxylic acids is 1. The maximum absolute atomic E-state index is 12.9. The van der Waals surface area contributed by atoms with E-state index < -0.39 is 12.5 Å². The predicted molar refractivity (Wildman–Crippen MR) is 85.9 cm³/mol. The number of urea groups is 1. The molecular weight excluding hydrogens is 318 g/mol. The molecule has 0 saturated heterocycles. The average molecular weight is 338 g/mol. The SMILES string of the molecule is Cn1ncc(NC(=O)NCC(CO)Cc2ccccc2)c1C(F)F. The van der Waals surface area contributed by atoms with Gasteiger partial charge in [0.15, 0.2) is 0 Å². The topological polar surface area (TPSA) is 79.2 Å². The molecule has 6 nitrogen and oxygen atoms in total. The first-order valence-corrected chi connectivity index (χ1v) is 7.51. The Kier molecular flexibility index (Phi) is 6.25. The number of aliphatic hydroxyl groups is 1. The number of hydrogen-bond acceptors (Lipinski definition) is 3. The summed E-state index contributed by atoms with van der Waals surface area (Å²) in [4.78, 5) is 11.9. The first kappa shape index (κ1) is 17.9. The van der Waals surface area contributed by atoms with Crippen LogP contribution in [-0.2, 0) is 13.5 Å². The van der Waals surface area contributed by atoms with Crippen molar-refractivity contribution in [3.63, 3.8) is 0 Å². The lowest BCUT2D eigenvalue weighted by Gasteiger charge is -2.15. The van der Waals surface area contributed by atoms with E-state index >= 15 is 0 Å². The number of rotatable bonds is 7. The van der Waals surface area contributed by atoms with E-state index in [0.29, 0.717) is 6.42 Å². The third kappa shape index (κ3) is 4.76. The van der Waals surface area contributed by atoms with Gasteiger partial charge in [-0.15, -0.1) is 0 Å². The van der Waals surface area contributed by atoms with Crippen molar-refractivity contribution < 1.29 is 18.7 Å². The molecule has 24 heavy (non-hydrogen) atoms. The highest BCUT2D eigenvalue weighted by Gasteiger charge is 2.20. The predicted octanol–water partition coefficient (Wildman–Crippen LogP) is 2.33. The molecule has 1 atom stereocenters. The summed E-state index contributed by atoms with van der Waals surface area (Å²) in [5.74, 6) is -0.165. The number of aliphatic hydroxyl groups excluding tert-OH is 1. The second-order valence-corrected chi connectivity index (χ2v) is 5.44. The number of hydrogen-bond donors (Lipinski definition) is 3. The minimum Gasteiger partial charge on any atom is -0.396 e. The van der Waals surface area contributed by atoms with Crippen LogP contribution >= 0.6 is 0 Å². The molecular formula is C16H20F2N4O2. The van der Waals surface area contributed by atoms with Gasteiger partial charge in [0, 0.05) is 26.1 Å². The van der Waals surface area contributed by atoms with Crippen LogP contribution in [0.15, 0.2) is 36.5 Å². The van der Waals surface area contributed by atoms with E-state index in [0.717, 1.165) is 10.2 Å². The van der Waals surface area contributed by atoms with Crippen molar-refractivity contribution >= 4 is 11.7 Å². The third-order valence-electron chi connectivity index (χ3n) is 3.62. The van der Waals surface area contributed by atoms with Crippen LogP contribution in [0.1, 0.15) is 17.7 Å². The normalized spacial score (nSPS) is 12.2. The summed E-state index contributed by atoms with van der Waals surface area (Å²) in [6.45, 7) is 0.131. The Bertz CT molecular complexity index is 661. The molecule has 3 N–H and O–H groups in total. The van der Waals surface area contributed by atoms with Gasteiger partial charge in [-0.1, -0.05) is 30.3 Å². The zero-order chi connectivity index (χ0) is 17.5. The highest BCUT2D eigenvalue weighted by Crippen LogP contribution is 2.25. The van der Waals surface area contributed by atoms with Gasteiger partial charge in [-0.05, 0) is 12.0 Å². The fourth-order valence-electron chi connectivity index (χ4n) is 2.35. The summed E-state index contributed by atoms with van der Waals surface area (Å²) >= 11 is 0. The van der Waals surface area contributed by atoms with Crippen LogP contribution in [0.2, 0.25) is 0 Å². The van der Waals surface area contributed by atoms with Crippen molar-refractivity contribution in [2.24, 2.45) is 13.0 Å². The summed E-state index contributed by atoms with van der Waals surface area (Å²) < 4.78 is 26.9. The first-order valence-electron chi connectivity index (χ1n) is 7.51. The van der Waals surface area contributed by atoms with Crippen LogP contribution in [0.3, 0.4) is 0 Å². The molecule has 1 heterocycles. The maximum atomic E-state index is 12.9. The molecule has 0 bridgehead atoms. The van der Waals surface area contributed by atoms with Gasteiger partial charge >= 0.3 is 6.03 Å². The number of benzene rings is 1. The highest BCUT2D eigenvalue weighted by atomic mass is 19.3. The van der Waals surface area contributed by atoms with Crippen LogP contribution in [0, 0.1) is 5.92 Å². The molecule has 0 radical (unpaired) electrons. The molecule has 2 amide bonds. The molecule has 0 aliphatic rings. The third-order valence-corrected chi connectivity index (χ3v) is 3.62. The zero-order valence-electron chi connectivity index (χ0n) is 13.2. The number of aryl methyl sites for hydroxylation is 1. The summed E-state index contributed by atoms with van der Waals surface area (Å²) in [6, 6.07) is 8.96. The van der Waals surface area contributed by atoms with E-state index in [2.05, 4.69) is 15.7 Å². The molecule has 2 rings (SSSR count). The summed E-state index contributed by atoms with van der Waals surface area (Å²) in [7, 11) is 1.38. The Balaban J connectivity index is 1.88. The van der Waals surface area contributed by atoms with Crippen LogP contribution in [0.25, 0.3) is 0 Å². The minimum absolute atomic E-state index is 0.0337. The Hall–Kier alpha value is -2.48. The maximum Gasteiger partial charge on any atom is 0.319 e. The van der Waals surface area contributed by atoms with Crippen molar-refractivity contribution in [2.45, 2.75) is 12.8 Å². The van der Waals surface area contributed by atoms with Gasteiger partial charge in [0.25, 0.3) is 6.43 Å². The lowest BCUT2D eigenvalue weighted by Crippen LogP contribution is -2.35. The molecule has 1 aromatic heterocycles. The van der Waals surface area contributed by atoms with E-state index in [1.165, 1.54) is 13.2 Å². The van der Waals surface area contributed by atoms with Gasteiger partial charge in [0.1, 0.15) is 5.69 Å². The molecule has 1 aromatic carbocycles. The molecule has 1 unspecified atom stereocenters. The second kappa shape index (κ2) is 8.39. The summed E-state index contributed by atoms with van der Waals surface area (Å²) in [5.41, 5.74) is 0.660. The average Bonchev–Trinajstić information content (AvgIpc) is 2.92. The Morgan fingerprint density at radius 1 is 1.33 bits per heavy atom. The number of nitrogens with zero attached hydrogens (tertiary/aromatic N) is 2. The summed E-state index contributed by atoms with van der Waals surface area (Å²) in [5, 5.41) is 18.1. The fraction of sp³-hybridized carbons (Fsp3) is 0.375. The van der Waals surface area contributed by atoms with Crippen LogP contribution in [0.4, 0.5) is 19.3 Å². The van der Waals surface area contributed by atoms with Crippen molar-refractivity contribution in [3.05, 3.63) is 47.8 Å². The monoisotopic (exact) mass is 338 g/mol. The van der Waals surface area contributed by atoms with E-state index in [9.17, 15) is 18.7 Å². The van der Waals surface area contributed by atoms with Crippen molar-refractivity contribution in [1.82, 2.24) is 15.1 Å². The summed E-state index contributed by atoms with van der Waals surface area (Å²) in [6.07, 6.45) is -0.961. The quantitative estimate of drug-likeness (QED) is 0.725. The van der Waals surface area contributed by atoms with Gasteiger partial charge in [-0.2, -0.15) is 5.10 Å².